The zero-order valence-electron chi connectivity index (χ0n) is 16.1. The summed E-state index contributed by atoms with van der Waals surface area (Å²) >= 11 is 0. The van der Waals surface area contributed by atoms with Crippen molar-refractivity contribution in [3.63, 3.8) is 0 Å². The summed E-state index contributed by atoms with van der Waals surface area (Å²) in [6, 6.07) is 10.0. The maximum absolute atomic E-state index is 13.8. The molecule has 3 nitrogen and oxygen atoms in total. The van der Waals surface area contributed by atoms with Crippen molar-refractivity contribution in [2.45, 2.75) is 37.1 Å². The number of hydrogen-bond acceptors (Lipinski definition) is 3. The molecule has 4 atom stereocenters. The van der Waals surface area contributed by atoms with Crippen molar-refractivity contribution in [1.82, 2.24) is 4.98 Å². The summed E-state index contributed by atoms with van der Waals surface area (Å²) in [5.41, 5.74) is 7.80. The predicted molar refractivity (Wildman–Crippen MR) is 107 cm³/mol. The van der Waals surface area contributed by atoms with Crippen molar-refractivity contribution >= 4 is 6.08 Å². The first-order chi connectivity index (χ1) is 13.8. The van der Waals surface area contributed by atoms with Crippen molar-refractivity contribution in [2.24, 2.45) is 23.5 Å². The number of aliphatic hydroxyl groups is 1. The van der Waals surface area contributed by atoms with E-state index in [1.165, 1.54) is 12.1 Å². The Bertz CT molecular complexity index is 899. The molecule has 0 amide bonds. The smallest absolute Gasteiger partial charge is 0.248 e. The standard InChI is InChI=1S/C23H25F3N2O/c24-18-3-1-2-15(10-18)16-4-5-19(28-13-16)6-7-21-20-8-9-23(25,26)12-17(20)11-22(21,27)14-29/h1-7,10,13,17,20-21,29H,8-9,11-12,14,27H2/b7-6+/t17-,20-,21+,22?/m1/s1. The van der Waals surface area contributed by atoms with Crippen LogP contribution in [0, 0.1) is 23.6 Å². The molecule has 0 saturated heterocycles. The predicted octanol–water partition coefficient (Wildman–Crippen LogP) is 4.66. The Kier molecular flexibility index (Phi) is 5.25. The molecule has 2 aliphatic carbocycles. The summed E-state index contributed by atoms with van der Waals surface area (Å²) in [5.74, 6) is -3.23. The van der Waals surface area contributed by atoms with E-state index in [-0.39, 0.29) is 43.0 Å². The number of benzene rings is 1. The third-order valence-electron chi connectivity index (χ3n) is 6.49. The number of aliphatic hydroxyl groups excluding tert-OH is 1. The van der Waals surface area contributed by atoms with Crippen LogP contribution in [0.25, 0.3) is 17.2 Å². The van der Waals surface area contributed by atoms with Gasteiger partial charge in [0.1, 0.15) is 5.82 Å². The van der Waals surface area contributed by atoms with Gasteiger partial charge in [-0.05, 0) is 54.5 Å². The van der Waals surface area contributed by atoms with Crippen LogP contribution in [-0.2, 0) is 0 Å². The van der Waals surface area contributed by atoms with E-state index in [4.69, 9.17) is 5.73 Å². The first-order valence-corrected chi connectivity index (χ1v) is 9.97. The van der Waals surface area contributed by atoms with E-state index < -0.39 is 11.5 Å². The normalized spacial score (nSPS) is 31.1. The highest BCUT2D eigenvalue weighted by Crippen LogP contribution is 2.54. The lowest BCUT2D eigenvalue weighted by atomic mass is 9.75. The van der Waals surface area contributed by atoms with E-state index in [2.05, 4.69) is 4.98 Å². The second kappa shape index (κ2) is 7.58. The molecule has 2 saturated carbocycles. The summed E-state index contributed by atoms with van der Waals surface area (Å²) < 4.78 is 41.1. The van der Waals surface area contributed by atoms with Crippen LogP contribution in [-0.4, -0.2) is 28.2 Å². The molecule has 1 unspecified atom stereocenters. The molecular weight excluding hydrogens is 377 g/mol. The van der Waals surface area contributed by atoms with Gasteiger partial charge in [0.25, 0.3) is 0 Å². The maximum Gasteiger partial charge on any atom is 0.248 e. The van der Waals surface area contributed by atoms with Crippen LogP contribution in [0.15, 0.2) is 48.7 Å². The average molecular weight is 402 g/mol. The Morgan fingerprint density at radius 3 is 2.69 bits per heavy atom. The number of alkyl halides is 2. The highest BCUT2D eigenvalue weighted by atomic mass is 19.3. The van der Waals surface area contributed by atoms with Gasteiger partial charge in [-0.25, -0.2) is 13.2 Å². The number of nitrogens with zero attached hydrogens (tertiary/aromatic N) is 1. The molecule has 1 heterocycles. The monoisotopic (exact) mass is 402 g/mol. The Balaban J connectivity index is 1.53. The molecule has 0 bridgehead atoms. The highest BCUT2D eigenvalue weighted by Gasteiger charge is 2.54. The van der Waals surface area contributed by atoms with Crippen LogP contribution in [0.1, 0.15) is 31.4 Å². The lowest BCUT2D eigenvalue weighted by Crippen LogP contribution is -2.47. The average Bonchev–Trinajstić information content (AvgIpc) is 2.96. The summed E-state index contributed by atoms with van der Waals surface area (Å²) in [7, 11) is 0. The topological polar surface area (TPSA) is 59.1 Å². The van der Waals surface area contributed by atoms with Gasteiger partial charge in [0.05, 0.1) is 12.3 Å². The van der Waals surface area contributed by atoms with Crippen LogP contribution in [0.5, 0.6) is 0 Å². The van der Waals surface area contributed by atoms with Crippen molar-refractivity contribution in [3.8, 4) is 11.1 Å². The molecule has 1 aromatic heterocycles. The summed E-state index contributed by atoms with van der Waals surface area (Å²) in [6.07, 6.45) is 5.99. The number of fused-ring (bicyclic) bond motifs is 1. The lowest BCUT2D eigenvalue weighted by molar-refractivity contribution is -0.0659. The van der Waals surface area contributed by atoms with Crippen LogP contribution in [0.3, 0.4) is 0 Å². The second-order valence-electron chi connectivity index (χ2n) is 8.49. The van der Waals surface area contributed by atoms with Gasteiger partial charge in [0, 0.05) is 36.1 Å². The van der Waals surface area contributed by atoms with E-state index in [0.717, 1.165) is 11.1 Å². The molecule has 4 rings (SSSR count). The summed E-state index contributed by atoms with van der Waals surface area (Å²) in [5, 5.41) is 9.86. The lowest BCUT2D eigenvalue weighted by Gasteiger charge is -2.34. The zero-order chi connectivity index (χ0) is 20.6. The van der Waals surface area contributed by atoms with E-state index >= 15 is 0 Å². The number of rotatable bonds is 4. The molecule has 0 aliphatic heterocycles. The minimum absolute atomic E-state index is 0.0505. The largest absolute Gasteiger partial charge is 0.394 e. The second-order valence-corrected chi connectivity index (χ2v) is 8.49. The number of halogens is 3. The van der Waals surface area contributed by atoms with E-state index in [0.29, 0.717) is 18.5 Å². The molecule has 2 fully saturated rings. The van der Waals surface area contributed by atoms with E-state index in [9.17, 15) is 18.3 Å². The molecule has 2 aliphatic rings. The fourth-order valence-electron chi connectivity index (χ4n) is 5.05. The Labute approximate surface area is 168 Å². The van der Waals surface area contributed by atoms with Crippen LogP contribution >= 0.6 is 0 Å². The zero-order valence-corrected chi connectivity index (χ0v) is 16.1. The van der Waals surface area contributed by atoms with Crippen LogP contribution in [0.2, 0.25) is 0 Å². The molecular formula is C23H25F3N2O. The molecule has 3 N–H and O–H groups in total. The van der Waals surface area contributed by atoms with Crippen molar-refractivity contribution in [1.29, 1.82) is 0 Å². The molecule has 0 radical (unpaired) electrons. The minimum Gasteiger partial charge on any atom is -0.394 e. The molecule has 6 heteroatoms. The van der Waals surface area contributed by atoms with Gasteiger partial charge < -0.3 is 10.8 Å². The van der Waals surface area contributed by atoms with Gasteiger partial charge in [-0.15, -0.1) is 0 Å². The Morgan fingerprint density at radius 1 is 1.17 bits per heavy atom. The van der Waals surface area contributed by atoms with Crippen molar-refractivity contribution in [2.75, 3.05) is 6.61 Å². The third kappa shape index (κ3) is 4.09. The van der Waals surface area contributed by atoms with Crippen LogP contribution in [0.4, 0.5) is 13.2 Å². The molecule has 2 aromatic rings. The Morgan fingerprint density at radius 2 is 2.00 bits per heavy atom. The summed E-state index contributed by atoms with van der Waals surface area (Å²) in [6.45, 7) is -0.230. The number of hydrogen-bond donors (Lipinski definition) is 2. The quantitative estimate of drug-likeness (QED) is 0.782. The van der Waals surface area contributed by atoms with Crippen molar-refractivity contribution < 1.29 is 18.3 Å². The number of pyridine rings is 1. The van der Waals surface area contributed by atoms with Gasteiger partial charge in [-0.1, -0.05) is 24.3 Å². The van der Waals surface area contributed by atoms with Gasteiger partial charge in [0.2, 0.25) is 5.92 Å². The van der Waals surface area contributed by atoms with Gasteiger partial charge in [-0.2, -0.15) is 0 Å². The fourth-order valence-corrected chi connectivity index (χ4v) is 5.05. The summed E-state index contributed by atoms with van der Waals surface area (Å²) in [4.78, 5) is 4.41. The van der Waals surface area contributed by atoms with Gasteiger partial charge in [0.15, 0.2) is 0 Å². The molecule has 1 aromatic carbocycles. The fraction of sp³-hybridized carbons (Fsp3) is 0.435. The molecule has 154 valence electrons. The van der Waals surface area contributed by atoms with E-state index in [1.54, 1.807) is 12.3 Å². The maximum atomic E-state index is 13.8. The van der Waals surface area contributed by atoms with E-state index in [1.807, 2.05) is 30.4 Å². The number of aromatic nitrogens is 1. The Hall–Kier alpha value is -2.18. The minimum atomic E-state index is -2.63. The first kappa shape index (κ1) is 20.1. The SMILES string of the molecule is NC1(CO)C[C@@H]2CC(F)(F)CC[C@H]2[C@@H]1/C=C/c1ccc(-c2cccc(F)c2)cn1. The van der Waals surface area contributed by atoms with Gasteiger partial charge in [-0.3, -0.25) is 4.98 Å². The third-order valence-corrected chi connectivity index (χ3v) is 6.49. The van der Waals surface area contributed by atoms with Crippen molar-refractivity contribution in [3.05, 3.63) is 60.2 Å². The number of nitrogens with two attached hydrogens (primary N) is 1. The van der Waals surface area contributed by atoms with Gasteiger partial charge >= 0.3 is 0 Å². The highest BCUT2D eigenvalue weighted by molar-refractivity contribution is 5.63. The van der Waals surface area contributed by atoms with Crippen LogP contribution < -0.4 is 5.73 Å². The molecule has 29 heavy (non-hydrogen) atoms. The molecule has 0 spiro atoms. The first-order valence-electron chi connectivity index (χ1n) is 9.97.